The molecule has 0 bridgehead atoms. The number of amides is 2. The van der Waals surface area contributed by atoms with Crippen LogP contribution in [0.15, 0.2) is 79.1 Å². The Labute approximate surface area is 189 Å². The Morgan fingerprint density at radius 2 is 1.81 bits per heavy atom. The van der Waals surface area contributed by atoms with Crippen molar-refractivity contribution in [3.05, 3.63) is 101 Å². The number of piperidine rings is 1. The van der Waals surface area contributed by atoms with E-state index in [1.807, 2.05) is 53.4 Å². The van der Waals surface area contributed by atoms with Gasteiger partial charge in [0.1, 0.15) is 0 Å². The van der Waals surface area contributed by atoms with E-state index in [0.29, 0.717) is 26.1 Å². The standard InChI is InChI=1S/C27H29N3O2/c1-20-7-5-11-23(13-20)24-15-25(27(32)29-17-22-10-6-12-28-16-22)19-30(18-24)26(31)14-21-8-3-2-4-9-21/h2-13,16,24-25H,14-15,17-19H2,1H3,(H,29,32). The maximum Gasteiger partial charge on any atom is 0.227 e. The van der Waals surface area contributed by atoms with Gasteiger partial charge in [0, 0.05) is 37.9 Å². The third-order valence-corrected chi connectivity index (χ3v) is 6.08. The summed E-state index contributed by atoms with van der Waals surface area (Å²) in [7, 11) is 0. The summed E-state index contributed by atoms with van der Waals surface area (Å²) in [4.78, 5) is 32.2. The van der Waals surface area contributed by atoms with Gasteiger partial charge in [-0.25, -0.2) is 0 Å². The lowest BCUT2D eigenvalue weighted by Crippen LogP contribution is -2.48. The van der Waals surface area contributed by atoms with Crippen molar-refractivity contribution < 1.29 is 9.59 Å². The van der Waals surface area contributed by atoms with Crippen molar-refractivity contribution in [3.8, 4) is 0 Å². The van der Waals surface area contributed by atoms with E-state index in [9.17, 15) is 9.59 Å². The Hall–Kier alpha value is -3.47. The number of rotatable bonds is 6. The Kier molecular flexibility index (Phi) is 6.95. The third-order valence-electron chi connectivity index (χ3n) is 6.08. The van der Waals surface area contributed by atoms with Crippen molar-refractivity contribution in [1.29, 1.82) is 0 Å². The van der Waals surface area contributed by atoms with Gasteiger partial charge in [0.2, 0.25) is 11.8 Å². The average molecular weight is 428 g/mol. The summed E-state index contributed by atoms with van der Waals surface area (Å²) >= 11 is 0. The molecule has 2 aromatic carbocycles. The summed E-state index contributed by atoms with van der Waals surface area (Å²) in [6.07, 6.45) is 4.56. The quantitative estimate of drug-likeness (QED) is 0.649. The van der Waals surface area contributed by atoms with Crippen LogP contribution in [-0.4, -0.2) is 34.8 Å². The molecule has 4 rings (SSSR count). The third kappa shape index (κ3) is 5.61. The van der Waals surface area contributed by atoms with Crippen molar-refractivity contribution in [2.24, 2.45) is 5.92 Å². The normalized spacial score (nSPS) is 18.2. The first-order chi connectivity index (χ1) is 15.6. The van der Waals surface area contributed by atoms with Gasteiger partial charge in [-0.2, -0.15) is 0 Å². The molecule has 2 unspecified atom stereocenters. The van der Waals surface area contributed by atoms with Crippen LogP contribution in [0.3, 0.4) is 0 Å². The van der Waals surface area contributed by atoms with E-state index in [-0.39, 0.29) is 23.7 Å². The fraction of sp³-hybridized carbons (Fsp3) is 0.296. The van der Waals surface area contributed by atoms with E-state index < -0.39 is 0 Å². The number of benzene rings is 2. The second-order valence-electron chi connectivity index (χ2n) is 8.58. The number of hydrogen-bond donors (Lipinski definition) is 1. The van der Waals surface area contributed by atoms with E-state index in [4.69, 9.17) is 0 Å². The molecule has 0 radical (unpaired) electrons. The maximum absolute atomic E-state index is 13.1. The van der Waals surface area contributed by atoms with Gasteiger partial charge < -0.3 is 10.2 Å². The van der Waals surface area contributed by atoms with Gasteiger partial charge in [-0.1, -0.05) is 66.2 Å². The van der Waals surface area contributed by atoms with Gasteiger partial charge in [-0.15, -0.1) is 0 Å². The summed E-state index contributed by atoms with van der Waals surface area (Å²) in [6.45, 7) is 3.60. The highest BCUT2D eigenvalue weighted by Gasteiger charge is 2.34. The van der Waals surface area contributed by atoms with E-state index in [1.54, 1.807) is 12.4 Å². The van der Waals surface area contributed by atoms with Crippen LogP contribution >= 0.6 is 0 Å². The first-order valence-corrected chi connectivity index (χ1v) is 11.1. The van der Waals surface area contributed by atoms with Crippen molar-refractivity contribution in [3.63, 3.8) is 0 Å². The van der Waals surface area contributed by atoms with Gasteiger partial charge in [-0.3, -0.25) is 14.6 Å². The number of carbonyl (C=O) groups is 2. The van der Waals surface area contributed by atoms with Crippen LogP contribution in [-0.2, 0) is 22.6 Å². The molecule has 2 amide bonds. The Bertz CT molecular complexity index is 1050. The number of likely N-dealkylation sites (tertiary alicyclic amines) is 1. The average Bonchev–Trinajstić information content (AvgIpc) is 2.83. The van der Waals surface area contributed by atoms with Crippen LogP contribution in [0.2, 0.25) is 0 Å². The highest BCUT2D eigenvalue weighted by Crippen LogP contribution is 2.31. The van der Waals surface area contributed by atoms with Crippen LogP contribution in [0, 0.1) is 12.8 Å². The summed E-state index contributed by atoms with van der Waals surface area (Å²) in [6, 6.07) is 22.0. The molecule has 0 spiro atoms. The van der Waals surface area contributed by atoms with Crippen molar-refractivity contribution in [2.75, 3.05) is 13.1 Å². The second kappa shape index (κ2) is 10.2. The molecule has 1 aliphatic rings. The number of aromatic nitrogens is 1. The van der Waals surface area contributed by atoms with Crippen LogP contribution in [0.4, 0.5) is 0 Å². The minimum atomic E-state index is -0.245. The molecule has 1 saturated heterocycles. The molecule has 5 heteroatoms. The Morgan fingerprint density at radius 3 is 2.56 bits per heavy atom. The van der Waals surface area contributed by atoms with Gasteiger partial charge in [-0.05, 0) is 36.1 Å². The molecule has 1 aromatic heterocycles. The number of hydrogen-bond acceptors (Lipinski definition) is 3. The molecule has 1 N–H and O–H groups in total. The minimum absolute atomic E-state index is 0.0104. The molecule has 0 saturated carbocycles. The van der Waals surface area contributed by atoms with Gasteiger partial charge in [0.25, 0.3) is 0 Å². The lowest BCUT2D eigenvalue weighted by Gasteiger charge is -2.37. The predicted molar refractivity (Wildman–Crippen MR) is 125 cm³/mol. The van der Waals surface area contributed by atoms with E-state index in [1.165, 1.54) is 11.1 Å². The number of pyridine rings is 1. The second-order valence-corrected chi connectivity index (χ2v) is 8.58. The van der Waals surface area contributed by atoms with E-state index in [0.717, 1.165) is 17.5 Å². The Morgan fingerprint density at radius 1 is 1.00 bits per heavy atom. The van der Waals surface area contributed by atoms with Crippen molar-refractivity contribution >= 4 is 11.8 Å². The molecule has 32 heavy (non-hydrogen) atoms. The fourth-order valence-electron chi connectivity index (χ4n) is 4.38. The molecule has 164 valence electrons. The molecular weight excluding hydrogens is 398 g/mol. The predicted octanol–water partition coefficient (Wildman–Crippen LogP) is 3.88. The largest absolute Gasteiger partial charge is 0.352 e. The summed E-state index contributed by atoms with van der Waals surface area (Å²) < 4.78 is 0. The minimum Gasteiger partial charge on any atom is -0.352 e. The van der Waals surface area contributed by atoms with E-state index >= 15 is 0 Å². The van der Waals surface area contributed by atoms with Crippen LogP contribution < -0.4 is 5.32 Å². The molecule has 2 atom stereocenters. The maximum atomic E-state index is 13.1. The Balaban J connectivity index is 1.49. The molecule has 3 aromatic rings. The first-order valence-electron chi connectivity index (χ1n) is 11.1. The van der Waals surface area contributed by atoms with Crippen LogP contribution in [0.1, 0.15) is 34.6 Å². The number of nitrogens with one attached hydrogen (secondary N) is 1. The molecule has 5 nitrogen and oxygen atoms in total. The summed E-state index contributed by atoms with van der Waals surface area (Å²) in [5, 5.41) is 3.04. The van der Waals surface area contributed by atoms with Crippen LogP contribution in [0.25, 0.3) is 0 Å². The lowest BCUT2D eigenvalue weighted by atomic mass is 9.83. The molecular formula is C27H29N3O2. The van der Waals surface area contributed by atoms with Crippen molar-refractivity contribution in [1.82, 2.24) is 15.2 Å². The SMILES string of the molecule is Cc1cccc(C2CC(C(=O)NCc3cccnc3)CN(C(=O)Cc3ccccc3)C2)c1. The summed E-state index contributed by atoms with van der Waals surface area (Å²) in [5.74, 6) is -0.0505. The molecule has 2 heterocycles. The number of carbonyl (C=O) groups excluding carboxylic acids is 2. The molecule has 1 fully saturated rings. The highest BCUT2D eigenvalue weighted by atomic mass is 16.2. The zero-order valence-electron chi connectivity index (χ0n) is 18.4. The van der Waals surface area contributed by atoms with Gasteiger partial charge in [0.15, 0.2) is 0 Å². The van der Waals surface area contributed by atoms with Crippen molar-refractivity contribution in [2.45, 2.75) is 32.2 Å². The zero-order valence-corrected chi connectivity index (χ0v) is 18.4. The lowest BCUT2D eigenvalue weighted by molar-refractivity contribution is -0.135. The van der Waals surface area contributed by atoms with Crippen LogP contribution in [0.5, 0.6) is 0 Å². The topological polar surface area (TPSA) is 62.3 Å². The zero-order chi connectivity index (χ0) is 22.3. The number of nitrogens with zero attached hydrogens (tertiary/aromatic N) is 2. The number of aryl methyl sites for hydroxylation is 1. The monoisotopic (exact) mass is 427 g/mol. The smallest absolute Gasteiger partial charge is 0.227 e. The highest BCUT2D eigenvalue weighted by molar-refractivity contribution is 5.82. The van der Waals surface area contributed by atoms with Gasteiger partial charge >= 0.3 is 0 Å². The van der Waals surface area contributed by atoms with E-state index in [2.05, 4.69) is 35.4 Å². The summed E-state index contributed by atoms with van der Waals surface area (Å²) in [5.41, 5.74) is 4.33. The first kappa shape index (κ1) is 21.8. The van der Waals surface area contributed by atoms with Gasteiger partial charge in [0.05, 0.1) is 12.3 Å². The fourth-order valence-corrected chi connectivity index (χ4v) is 4.38. The molecule has 1 aliphatic heterocycles. The molecule has 0 aliphatic carbocycles.